The Kier molecular flexibility index (Phi) is 5.26. The third kappa shape index (κ3) is 3.09. The van der Waals surface area contributed by atoms with Crippen molar-refractivity contribution in [3.8, 4) is 0 Å². The number of halogens is 2. The van der Waals surface area contributed by atoms with E-state index < -0.39 is 21.5 Å². The summed E-state index contributed by atoms with van der Waals surface area (Å²) in [5, 5.41) is 3.77. The summed E-state index contributed by atoms with van der Waals surface area (Å²) in [4.78, 5) is 3.61. The van der Waals surface area contributed by atoms with E-state index in [4.69, 9.17) is 4.74 Å². The largest absolute Gasteiger partial charge is 0.379 e. The van der Waals surface area contributed by atoms with Crippen LogP contribution in [-0.2, 0) is 14.6 Å². The van der Waals surface area contributed by atoms with Crippen LogP contribution in [0.25, 0.3) is 0 Å². The molecule has 0 aromatic rings. The zero-order valence-corrected chi connectivity index (χ0v) is 16.4. The molecule has 0 amide bonds. The van der Waals surface area contributed by atoms with E-state index >= 15 is 8.78 Å². The van der Waals surface area contributed by atoms with Crippen LogP contribution in [0.15, 0.2) is 0 Å². The predicted octanol–water partition coefficient (Wildman–Crippen LogP) is -0.382. The zero-order chi connectivity index (χ0) is 18.4. The molecule has 4 heterocycles. The van der Waals surface area contributed by atoms with Gasteiger partial charge in [0.25, 0.3) is 0 Å². The lowest BCUT2D eigenvalue weighted by molar-refractivity contribution is -0.417. The number of rotatable bonds is 3. The van der Waals surface area contributed by atoms with Gasteiger partial charge < -0.3 is 4.74 Å². The van der Waals surface area contributed by atoms with Crippen molar-refractivity contribution in [2.24, 2.45) is 0 Å². The SMILES string of the molecule is O=S1(=O)CCN(C2(N3CCSCC3)N(N3CCOCC3)CC2(F)F)CC1. The number of hydrazine groups is 1. The van der Waals surface area contributed by atoms with Crippen molar-refractivity contribution < 1.29 is 21.9 Å². The van der Waals surface area contributed by atoms with Crippen LogP contribution in [-0.4, -0.2) is 122 Å². The standard InChI is InChI=1S/C15H26F2N4O3S2/c16-14(17)13-21(20-1-7-24-8-2-20)15(14,18-3-9-25-10-4-18)19-5-11-26(22,23)12-6-19/h1-13H2. The van der Waals surface area contributed by atoms with Gasteiger partial charge in [-0.25, -0.2) is 13.4 Å². The first kappa shape index (κ1) is 19.3. The van der Waals surface area contributed by atoms with Gasteiger partial charge in [-0.15, -0.1) is 0 Å². The first-order valence-corrected chi connectivity index (χ1v) is 12.1. The maximum absolute atomic E-state index is 15.3. The highest BCUT2D eigenvalue weighted by Crippen LogP contribution is 2.51. The molecule has 0 bridgehead atoms. The van der Waals surface area contributed by atoms with E-state index in [9.17, 15) is 8.42 Å². The summed E-state index contributed by atoms with van der Waals surface area (Å²) in [6.45, 7) is 3.41. The van der Waals surface area contributed by atoms with Crippen LogP contribution in [0.1, 0.15) is 0 Å². The summed E-state index contributed by atoms with van der Waals surface area (Å²) in [6, 6.07) is 0. The number of morpholine rings is 1. The van der Waals surface area contributed by atoms with Crippen LogP contribution in [0.4, 0.5) is 8.78 Å². The van der Waals surface area contributed by atoms with E-state index in [2.05, 4.69) is 0 Å². The summed E-state index contributed by atoms with van der Waals surface area (Å²) >= 11 is 1.78. The second-order valence-corrected chi connectivity index (χ2v) is 10.7. The number of hydrogen-bond acceptors (Lipinski definition) is 8. The summed E-state index contributed by atoms with van der Waals surface area (Å²) in [6.07, 6.45) is 0. The molecule has 0 N–H and O–H groups in total. The highest BCUT2D eigenvalue weighted by molar-refractivity contribution is 7.99. The highest BCUT2D eigenvalue weighted by atomic mass is 32.2. The van der Waals surface area contributed by atoms with Gasteiger partial charge in [0.15, 0.2) is 9.84 Å². The lowest BCUT2D eigenvalue weighted by Crippen LogP contribution is -2.91. The summed E-state index contributed by atoms with van der Waals surface area (Å²) in [5.41, 5.74) is 0. The van der Waals surface area contributed by atoms with Crippen molar-refractivity contribution in [3.05, 3.63) is 0 Å². The zero-order valence-electron chi connectivity index (χ0n) is 14.8. The Morgan fingerprint density at radius 1 is 0.885 bits per heavy atom. The normalized spacial score (nSPS) is 37.3. The van der Waals surface area contributed by atoms with Gasteiger partial charge in [-0.1, -0.05) is 0 Å². The van der Waals surface area contributed by atoms with Crippen LogP contribution in [0.5, 0.6) is 0 Å². The molecule has 0 radical (unpaired) electrons. The van der Waals surface area contributed by atoms with Crippen molar-refractivity contribution in [1.29, 1.82) is 0 Å². The second kappa shape index (κ2) is 7.09. The topological polar surface area (TPSA) is 56.3 Å². The van der Waals surface area contributed by atoms with Crippen molar-refractivity contribution in [1.82, 2.24) is 19.8 Å². The molecule has 0 aromatic carbocycles. The maximum atomic E-state index is 15.3. The molecule has 4 aliphatic heterocycles. The van der Waals surface area contributed by atoms with E-state index in [1.165, 1.54) is 0 Å². The van der Waals surface area contributed by atoms with E-state index in [0.717, 1.165) is 11.5 Å². The monoisotopic (exact) mass is 412 g/mol. The minimum Gasteiger partial charge on any atom is -0.379 e. The molecule has 7 nitrogen and oxygen atoms in total. The van der Waals surface area contributed by atoms with Gasteiger partial charge in [0.2, 0.25) is 5.79 Å². The minimum absolute atomic E-state index is 0.0512. The van der Waals surface area contributed by atoms with E-state index in [1.807, 2.05) is 9.91 Å². The summed E-state index contributed by atoms with van der Waals surface area (Å²) < 4.78 is 59.7. The van der Waals surface area contributed by atoms with Gasteiger partial charge in [-0.3, -0.25) is 9.80 Å². The molecule has 150 valence electrons. The van der Waals surface area contributed by atoms with Gasteiger partial charge in [0, 0.05) is 50.8 Å². The molecule has 4 aliphatic rings. The molecule has 26 heavy (non-hydrogen) atoms. The molecule has 4 rings (SSSR count). The Morgan fingerprint density at radius 2 is 1.46 bits per heavy atom. The van der Waals surface area contributed by atoms with Crippen LogP contribution >= 0.6 is 11.8 Å². The quantitative estimate of drug-likeness (QED) is 0.622. The Morgan fingerprint density at radius 3 is 2.04 bits per heavy atom. The average Bonchev–Trinajstić information content (AvgIpc) is 2.63. The molecule has 0 aromatic heterocycles. The molecule has 0 aliphatic carbocycles. The van der Waals surface area contributed by atoms with Gasteiger partial charge in [-0.2, -0.15) is 25.6 Å². The van der Waals surface area contributed by atoms with Crippen molar-refractivity contribution in [3.63, 3.8) is 0 Å². The average molecular weight is 413 g/mol. The number of ether oxygens (including phenoxy) is 1. The van der Waals surface area contributed by atoms with Gasteiger partial charge in [-0.05, 0) is 0 Å². The number of thioether (sulfide) groups is 1. The Hall–Kier alpha value is -0.0400. The van der Waals surface area contributed by atoms with E-state index in [0.29, 0.717) is 39.4 Å². The molecule has 11 heteroatoms. The van der Waals surface area contributed by atoms with E-state index in [-0.39, 0.29) is 31.1 Å². The van der Waals surface area contributed by atoms with Crippen LogP contribution in [0.3, 0.4) is 0 Å². The van der Waals surface area contributed by atoms with Gasteiger partial charge >= 0.3 is 5.92 Å². The first-order chi connectivity index (χ1) is 12.4. The second-order valence-electron chi connectivity index (χ2n) is 7.20. The molecule has 0 spiro atoms. The van der Waals surface area contributed by atoms with Gasteiger partial charge in [0.1, 0.15) is 0 Å². The molecule has 4 fully saturated rings. The lowest BCUT2D eigenvalue weighted by atomic mass is 9.95. The van der Waals surface area contributed by atoms with Crippen molar-refractivity contribution in [2.45, 2.75) is 11.7 Å². The Bertz CT molecular complexity index is 612. The third-order valence-electron chi connectivity index (χ3n) is 5.77. The lowest BCUT2D eigenvalue weighted by Gasteiger charge is -2.68. The minimum atomic E-state index is -3.13. The summed E-state index contributed by atoms with van der Waals surface area (Å²) in [7, 11) is -3.13. The highest BCUT2D eigenvalue weighted by Gasteiger charge is 2.74. The Labute approximate surface area is 157 Å². The summed E-state index contributed by atoms with van der Waals surface area (Å²) in [5.74, 6) is -2.91. The third-order valence-corrected chi connectivity index (χ3v) is 8.32. The molecule has 1 atom stereocenters. The number of alkyl halides is 2. The molecular weight excluding hydrogens is 386 g/mol. The fourth-order valence-corrected chi connectivity index (χ4v) is 6.59. The van der Waals surface area contributed by atoms with Crippen molar-refractivity contribution >= 4 is 21.6 Å². The van der Waals surface area contributed by atoms with Crippen LogP contribution < -0.4 is 0 Å². The molecule has 1 unspecified atom stereocenters. The fourth-order valence-electron chi connectivity index (χ4n) is 4.48. The fraction of sp³-hybridized carbons (Fsp3) is 1.00. The Balaban J connectivity index is 1.68. The molecular formula is C15H26F2N4O3S2. The number of nitrogens with zero attached hydrogens (tertiary/aromatic N) is 4. The number of hydrogen-bond donors (Lipinski definition) is 0. The smallest absolute Gasteiger partial charge is 0.308 e. The molecule has 0 saturated carbocycles. The molecule has 4 saturated heterocycles. The predicted molar refractivity (Wildman–Crippen MR) is 95.9 cm³/mol. The first-order valence-electron chi connectivity index (χ1n) is 9.13. The van der Waals surface area contributed by atoms with E-state index in [1.54, 1.807) is 21.7 Å². The van der Waals surface area contributed by atoms with Crippen LogP contribution in [0.2, 0.25) is 0 Å². The van der Waals surface area contributed by atoms with Crippen LogP contribution in [0, 0.1) is 0 Å². The maximum Gasteiger partial charge on any atom is 0.308 e. The van der Waals surface area contributed by atoms with Gasteiger partial charge in [0.05, 0.1) is 31.3 Å². The van der Waals surface area contributed by atoms with Crippen molar-refractivity contribution in [2.75, 3.05) is 82.0 Å². The number of sulfone groups is 1.